The zero-order chi connectivity index (χ0) is 19.7. The van der Waals surface area contributed by atoms with E-state index in [-0.39, 0.29) is 4.90 Å². The van der Waals surface area contributed by atoms with E-state index in [2.05, 4.69) is 10.2 Å². The molecule has 0 saturated heterocycles. The Hall–Kier alpha value is -3.22. The lowest BCUT2D eigenvalue weighted by Gasteiger charge is -2.08. The molecule has 0 saturated carbocycles. The van der Waals surface area contributed by atoms with E-state index in [1.807, 2.05) is 67.6 Å². The molecule has 0 spiro atoms. The first-order chi connectivity index (χ1) is 13.4. The van der Waals surface area contributed by atoms with Crippen molar-refractivity contribution in [3.63, 3.8) is 0 Å². The second-order valence-corrected chi connectivity index (χ2v) is 8.15. The number of sulfonamides is 1. The summed E-state index contributed by atoms with van der Waals surface area (Å²) in [5.41, 5.74) is 6.74. The van der Waals surface area contributed by atoms with Gasteiger partial charge in [-0.25, -0.2) is 13.6 Å². The van der Waals surface area contributed by atoms with E-state index in [9.17, 15) is 8.42 Å². The fourth-order valence-electron chi connectivity index (χ4n) is 3.27. The van der Waals surface area contributed by atoms with Gasteiger partial charge in [-0.1, -0.05) is 66.7 Å². The second kappa shape index (κ2) is 7.07. The minimum atomic E-state index is -3.73. The number of nitrogens with one attached hydrogen (secondary N) is 1. The lowest BCUT2D eigenvalue weighted by Crippen LogP contribution is -2.11. The minimum absolute atomic E-state index is 0.103. The van der Waals surface area contributed by atoms with Crippen LogP contribution < -0.4 is 5.14 Å². The topological polar surface area (TPSA) is 88.8 Å². The van der Waals surface area contributed by atoms with E-state index in [0.717, 1.165) is 39.2 Å². The van der Waals surface area contributed by atoms with Gasteiger partial charge in [0.2, 0.25) is 10.0 Å². The van der Waals surface area contributed by atoms with Crippen LogP contribution in [0.4, 0.5) is 0 Å². The van der Waals surface area contributed by atoms with Crippen molar-refractivity contribution >= 4 is 10.0 Å². The normalized spacial score (nSPS) is 11.5. The summed E-state index contributed by atoms with van der Waals surface area (Å²) in [4.78, 5) is 0.103. The van der Waals surface area contributed by atoms with Crippen LogP contribution in [0.5, 0.6) is 0 Å². The summed E-state index contributed by atoms with van der Waals surface area (Å²) >= 11 is 0. The number of aromatic nitrogens is 2. The first kappa shape index (κ1) is 18.2. The fraction of sp³-hybridized carbons (Fsp3) is 0.0455. The van der Waals surface area contributed by atoms with E-state index >= 15 is 0 Å². The number of aryl methyl sites for hydroxylation is 1. The molecule has 5 nitrogen and oxygen atoms in total. The molecule has 0 aliphatic heterocycles. The summed E-state index contributed by atoms with van der Waals surface area (Å²) in [6, 6.07) is 24.6. The Bertz CT molecular complexity index is 1230. The Balaban J connectivity index is 1.74. The van der Waals surface area contributed by atoms with Crippen LogP contribution in [-0.2, 0) is 10.0 Å². The summed E-state index contributed by atoms with van der Waals surface area (Å²) in [5.74, 6) is 0. The maximum atomic E-state index is 11.6. The molecule has 4 aromatic rings. The first-order valence-corrected chi connectivity index (χ1v) is 10.3. The smallest absolute Gasteiger partial charge is 0.238 e. The van der Waals surface area contributed by atoms with E-state index in [4.69, 9.17) is 5.14 Å². The van der Waals surface area contributed by atoms with Gasteiger partial charge in [0.15, 0.2) is 0 Å². The van der Waals surface area contributed by atoms with Crippen molar-refractivity contribution < 1.29 is 8.42 Å². The van der Waals surface area contributed by atoms with Gasteiger partial charge < -0.3 is 0 Å². The lowest BCUT2D eigenvalue weighted by molar-refractivity contribution is 0.598. The van der Waals surface area contributed by atoms with Gasteiger partial charge in [-0.15, -0.1) is 0 Å². The molecule has 140 valence electrons. The Morgan fingerprint density at radius 1 is 0.786 bits per heavy atom. The molecule has 6 heteroatoms. The minimum Gasteiger partial charge on any atom is -0.282 e. The predicted octanol–water partition coefficient (Wildman–Crippen LogP) is 4.37. The molecule has 1 heterocycles. The molecule has 0 aliphatic carbocycles. The van der Waals surface area contributed by atoms with Crippen molar-refractivity contribution in [3.8, 4) is 33.5 Å². The average molecular weight is 389 g/mol. The van der Waals surface area contributed by atoms with E-state index in [1.54, 1.807) is 12.1 Å². The summed E-state index contributed by atoms with van der Waals surface area (Å²) in [5, 5.41) is 12.8. The van der Waals surface area contributed by atoms with Gasteiger partial charge in [0.1, 0.15) is 5.69 Å². The zero-order valence-electron chi connectivity index (χ0n) is 15.3. The van der Waals surface area contributed by atoms with Gasteiger partial charge in [-0.05, 0) is 35.7 Å². The van der Waals surface area contributed by atoms with Crippen molar-refractivity contribution in [1.29, 1.82) is 0 Å². The lowest BCUT2D eigenvalue weighted by atomic mass is 9.97. The molecule has 4 rings (SSSR count). The summed E-state index contributed by atoms with van der Waals surface area (Å²) in [7, 11) is -3.73. The highest BCUT2D eigenvalue weighted by atomic mass is 32.2. The Morgan fingerprint density at radius 3 is 2.11 bits per heavy atom. The van der Waals surface area contributed by atoms with Crippen molar-refractivity contribution in [1.82, 2.24) is 10.2 Å². The fourth-order valence-corrected chi connectivity index (χ4v) is 3.83. The molecule has 0 fully saturated rings. The quantitative estimate of drug-likeness (QED) is 0.543. The molecule has 0 bridgehead atoms. The molecule has 3 N–H and O–H groups in total. The number of aromatic amines is 1. The SMILES string of the molecule is Cc1[nH]nc(-c2ccccc2)c1-c1ccc(-c2cccc(S(N)(=O)=O)c2)cc1. The molecule has 0 atom stereocenters. The van der Waals surface area contributed by atoms with Crippen LogP contribution in [0.1, 0.15) is 5.69 Å². The number of primary sulfonamides is 1. The third-order valence-corrected chi connectivity index (χ3v) is 5.57. The van der Waals surface area contributed by atoms with Gasteiger partial charge in [0.05, 0.1) is 4.90 Å². The summed E-state index contributed by atoms with van der Waals surface area (Å²) < 4.78 is 23.2. The molecular formula is C22H19N3O2S. The number of rotatable bonds is 4. The Morgan fingerprint density at radius 2 is 1.43 bits per heavy atom. The monoisotopic (exact) mass is 389 g/mol. The van der Waals surface area contributed by atoms with Crippen LogP contribution in [-0.4, -0.2) is 18.6 Å². The van der Waals surface area contributed by atoms with Crippen LogP contribution in [0.3, 0.4) is 0 Å². The van der Waals surface area contributed by atoms with Crippen molar-refractivity contribution in [2.24, 2.45) is 5.14 Å². The van der Waals surface area contributed by atoms with Crippen LogP contribution >= 0.6 is 0 Å². The summed E-state index contributed by atoms with van der Waals surface area (Å²) in [6.45, 7) is 2.00. The zero-order valence-corrected chi connectivity index (χ0v) is 16.1. The Kier molecular flexibility index (Phi) is 4.58. The molecule has 0 aliphatic rings. The number of benzene rings is 3. The third-order valence-electron chi connectivity index (χ3n) is 4.66. The molecule has 0 amide bonds. The number of hydrogen-bond acceptors (Lipinski definition) is 3. The predicted molar refractivity (Wildman–Crippen MR) is 111 cm³/mol. The van der Waals surface area contributed by atoms with Gasteiger partial charge >= 0.3 is 0 Å². The number of nitrogens with zero attached hydrogens (tertiary/aromatic N) is 1. The molecule has 28 heavy (non-hydrogen) atoms. The molecule has 1 aromatic heterocycles. The number of hydrogen-bond donors (Lipinski definition) is 2. The molecule has 3 aromatic carbocycles. The largest absolute Gasteiger partial charge is 0.282 e. The third kappa shape index (κ3) is 3.47. The van der Waals surface area contributed by atoms with Gasteiger partial charge in [0, 0.05) is 16.8 Å². The average Bonchev–Trinajstić information content (AvgIpc) is 3.10. The van der Waals surface area contributed by atoms with Crippen molar-refractivity contribution in [2.75, 3.05) is 0 Å². The second-order valence-electron chi connectivity index (χ2n) is 6.59. The number of H-pyrrole nitrogens is 1. The highest BCUT2D eigenvalue weighted by molar-refractivity contribution is 7.89. The van der Waals surface area contributed by atoms with Crippen LogP contribution in [0, 0.1) is 6.92 Å². The Labute approximate surface area is 163 Å². The van der Waals surface area contributed by atoms with E-state index in [0.29, 0.717) is 0 Å². The van der Waals surface area contributed by atoms with Crippen molar-refractivity contribution in [2.45, 2.75) is 11.8 Å². The molecule has 0 unspecified atom stereocenters. The number of nitrogens with two attached hydrogens (primary N) is 1. The van der Waals surface area contributed by atoms with Crippen LogP contribution in [0.15, 0.2) is 83.8 Å². The summed E-state index contributed by atoms with van der Waals surface area (Å²) in [6.07, 6.45) is 0. The van der Waals surface area contributed by atoms with Gasteiger partial charge in [-0.2, -0.15) is 5.10 Å². The highest BCUT2D eigenvalue weighted by Crippen LogP contribution is 2.34. The van der Waals surface area contributed by atoms with E-state index in [1.165, 1.54) is 6.07 Å². The highest BCUT2D eigenvalue weighted by Gasteiger charge is 2.14. The molecule has 0 radical (unpaired) electrons. The first-order valence-electron chi connectivity index (χ1n) is 8.77. The van der Waals surface area contributed by atoms with Crippen LogP contribution in [0.2, 0.25) is 0 Å². The standard InChI is InChI=1S/C22H19N3O2S/c1-15-21(22(25-24-15)18-6-3-2-4-7-18)17-12-10-16(11-13-17)19-8-5-9-20(14-19)28(23,26)27/h2-14H,1H3,(H,24,25)(H2,23,26,27). The van der Waals surface area contributed by atoms with Gasteiger partial charge in [-0.3, -0.25) is 5.10 Å². The van der Waals surface area contributed by atoms with Crippen LogP contribution in [0.25, 0.3) is 33.5 Å². The van der Waals surface area contributed by atoms with Gasteiger partial charge in [0.25, 0.3) is 0 Å². The van der Waals surface area contributed by atoms with E-state index < -0.39 is 10.0 Å². The van der Waals surface area contributed by atoms with Crippen molar-refractivity contribution in [3.05, 3.63) is 84.6 Å². The maximum Gasteiger partial charge on any atom is 0.238 e. The molecular weight excluding hydrogens is 370 g/mol. The maximum absolute atomic E-state index is 11.6.